The molecule has 0 atom stereocenters. The van der Waals surface area contributed by atoms with E-state index in [0.29, 0.717) is 30.2 Å². The van der Waals surface area contributed by atoms with E-state index in [1.807, 2.05) is 24.3 Å². The summed E-state index contributed by atoms with van der Waals surface area (Å²) < 4.78 is 5.15. The van der Waals surface area contributed by atoms with Gasteiger partial charge in [-0.15, -0.1) is 0 Å². The third kappa shape index (κ3) is 9.68. The first kappa shape index (κ1) is 30.1. The summed E-state index contributed by atoms with van der Waals surface area (Å²) in [6, 6.07) is 14.9. The summed E-state index contributed by atoms with van der Waals surface area (Å²) in [6.07, 6.45) is 3.92. The van der Waals surface area contributed by atoms with Gasteiger partial charge in [-0.1, -0.05) is 31.2 Å². The fourth-order valence-electron chi connectivity index (χ4n) is 3.79. The van der Waals surface area contributed by atoms with Gasteiger partial charge in [-0.25, -0.2) is 9.78 Å². The zero-order chi connectivity index (χ0) is 29.1. The van der Waals surface area contributed by atoms with Crippen LogP contribution in [0.1, 0.15) is 62.9 Å². The van der Waals surface area contributed by atoms with Gasteiger partial charge in [0.2, 0.25) is 11.9 Å². The second-order valence-corrected chi connectivity index (χ2v) is 10.4. The van der Waals surface area contributed by atoms with Crippen LogP contribution < -0.4 is 21.7 Å². The number of hydrogen-bond acceptors (Lipinski definition) is 8. The summed E-state index contributed by atoms with van der Waals surface area (Å²) in [7, 11) is 0. The van der Waals surface area contributed by atoms with Crippen LogP contribution in [0.3, 0.4) is 0 Å². The van der Waals surface area contributed by atoms with E-state index in [1.54, 1.807) is 51.2 Å². The van der Waals surface area contributed by atoms with Crippen LogP contribution in [0.2, 0.25) is 0 Å². The van der Waals surface area contributed by atoms with Crippen LogP contribution in [0, 0.1) is 0 Å². The van der Waals surface area contributed by atoms with Crippen LogP contribution in [0.5, 0.6) is 0 Å². The largest absolute Gasteiger partial charge is 0.444 e. The lowest BCUT2D eigenvalue weighted by atomic mass is 10.0. The predicted octanol–water partition coefficient (Wildman–Crippen LogP) is 5.22. The lowest BCUT2D eigenvalue weighted by Crippen LogP contribution is -2.35. The summed E-state index contributed by atoms with van der Waals surface area (Å²) in [5.74, 6) is 0.620. The third-order valence-electron chi connectivity index (χ3n) is 5.77. The first-order chi connectivity index (χ1) is 19.0. The molecular weight excluding hydrogens is 508 g/mol. The highest BCUT2D eigenvalue weighted by atomic mass is 16.6. The lowest BCUT2D eigenvalue weighted by molar-refractivity contribution is -0.118. The molecule has 0 unspecified atom stereocenters. The van der Waals surface area contributed by atoms with Crippen LogP contribution in [0.25, 0.3) is 11.1 Å². The molecule has 0 aliphatic carbocycles. The molecule has 0 aliphatic heterocycles. The summed E-state index contributed by atoms with van der Waals surface area (Å²) in [5.41, 5.74) is 8.83. The number of nitrogens with zero attached hydrogens (tertiary/aromatic N) is 2. The zero-order valence-electron chi connectivity index (χ0n) is 23.5. The number of ketones is 1. The van der Waals surface area contributed by atoms with Gasteiger partial charge in [-0.2, -0.15) is 4.98 Å². The number of benzene rings is 2. The fourth-order valence-corrected chi connectivity index (χ4v) is 3.79. The maximum absolute atomic E-state index is 12.1. The van der Waals surface area contributed by atoms with E-state index in [-0.39, 0.29) is 12.3 Å². The Bertz CT molecular complexity index is 1300. The second-order valence-electron chi connectivity index (χ2n) is 10.4. The molecule has 0 fully saturated rings. The predicted molar refractivity (Wildman–Crippen MR) is 157 cm³/mol. The molecule has 0 spiro atoms. The van der Waals surface area contributed by atoms with Gasteiger partial charge < -0.3 is 26.4 Å². The van der Waals surface area contributed by atoms with Gasteiger partial charge in [0.15, 0.2) is 5.78 Å². The molecule has 0 bridgehead atoms. The average Bonchev–Trinajstić information content (AvgIpc) is 2.91. The smallest absolute Gasteiger partial charge is 0.408 e. The Balaban J connectivity index is 1.59. The van der Waals surface area contributed by atoms with Crippen molar-refractivity contribution in [1.82, 2.24) is 15.3 Å². The topological polar surface area (TPSA) is 148 Å². The van der Waals surface area contributed by atoms with Crippen molar-refractivity contribution in [3.8, 4) is 11.1 Å². The molecule has 10 nitrogen and oxygen atoms in total. The minimum atomic E-state index is -0.599. The molecule has 2 amide bonds. The number of hydrogen-bond donors (Lipinski definition) is 4. The number of aromatic nitrogens is 2. The highest BCUT2D eigenvalue weighted by Crippen LogP contribution is 2.28. The number of carbonyl (C=O) groups is 3. The molecule has 0 saturated heterocycles. The molecule has 0 saturated carbocycles. The number of Topliss-reactive ketones (excluding diaryl/α,β-unsaturated/α-hetero) is 1. The fraction of sp³-hybridized carbons (Fsp3) is 0.367. The number of alkyl carbamates (subject to hydrolysis) is 1. The van der Waals surface area contributed by atoms with Crippen molar-refractivity contribution in [3.63, 3.8) is 0 Å². The summed E-state index contributed by atoms with van der Waals surface area (Å²) >= 11 is 0. The highest BCUT2D eigenvalue weighted by Gasteiger charge is 2.16. The number of nitrogens with two attached hydrogens (primary N) is 1. The van der Waals surface area contributed by atoms with Crippen LogP contribution in [-0.4, -0.2) is 46.4 Å². The Morgan fingerprint density at radius 2 is 1.70 bits per heavy atom. The van der Waals surface area contributed by atoms with Crippen molar-refractivity contribution in [2.75, 3.05) is 23.7 Å². The Morgan fingerprint density at radius 1 is 1.00 bits per heavy atom. The highest BCUT2D eigenvalue weighted by molar-refractivity contribution is 5.93. The van der Waals surface area contributed by atoms with Gasteiger partial charge >= 0.3 is 6.09 Å². The normalized spacial score (nSPS) is 11.0. The molecule has 3 aromatic rings. The van der Waals surface area contributed by atoms with Crippen LogP contribution in [0.15, 0.2) is 54.7 Å². The summed E-state index contributed by atoms with van der Waals surface area (Å²) in [5, 5.41) is 9.04. The maximum atomic E-state index is 12.1. The average molecular weight is 547 g/mol. The Hall–Kier alpha value is -4.47. The van der Waals surface area contributed by atoms with E-state index in [4.69, 9.17) is 10.5 Å². The molecule has 212 valence electrons. The van der Waals surface area contributed by atoms with Crippen molar-refractivity contribution < 1.29 is 19.1 Å². The Morgan fingerprint density at radius 3 is 2.33 bits per heavy atom. The number of carbonyl (C=O) groups excluding carboxylic acids is 3. The molecule has 1 aromatic heterocycles. The van der Waals surface area contributed by atoms with E-state index < -0.39 is 17.6 Å². The van der Waals surface area contributed by atoms with Gasteiger partial charge in [0.1, 0.15) is 11.4 Å². The van der Waals surface area contributed by atoms with Gasteiger partial charge in [-0.3, -0.25) is 9.59 Å². The van der Waals surface area contributed by atoms with E-state index in [2.05, 4.69) is 32.8 Å². The van der Waals surface area contributed by atoms with Gasteiger partial charge in [0.05, 0.1) is 6.54 Å². The summed E-state index contributed by atoms with van der Waals surface area (Å²) in [4.78, 5) is 44.3. The summed E-state index contributed by atoms with van der Waals surface area (Å²) in [6.45, 7) is 8.13. The van der Waals surface area contributed by atoms with Gasteiger partial charge in [0, 0.05) is 36.0 Å². The molecule has 5 N–H and O–H groups in total. The molecule has 1 heterocycles. The Kier molecular flexibility index (Phi) is 10.6. The van der Waals surface area contributed by atoms with Gasteiger partial charge in [-0.05, 0) is 75.4 Å². The molecule has 0 radical (unpaired) electrons. The van der Waals surface area contributed by atoms with E-state index >= 15 is 0 Å². The molecule has 0 aliphatic rings. The second kappa shape index (κ2) is 14.1. The monoisotopic (exact) mass is 546 g/mol. The van der Waals surface area contributed by atoms with E-state index in [9.17, 15) is 14.4 Å². The van der Waals surface area contributed by atoms with Crippen LogP contribution >= 0.6 is 0 Å². The SMILES string of the molecule is CCCNc1nc(Nc2ccc(C(N)=O)cc2)ncc1-c1ccc(CCCC(=O)CNC(=O)OC(C)(C)C)cc1. The molecule has 10 heteroatoms. The Labute approximate surface area is 235 Å². The molecular formula is C30H38N6O4. The van der Waals surface area contributed by atoms with Crippen molar-refractivity contribution in [2.45, 2.75) is 59.0 Å². The number of primary amides is 1. The maximum Gasteiger partial charge on any atom is 0.408 e. The first-order valence-electron chi connectivity index (χ1n) is 13.4. The quantitative estimate of drug-likeness (QED) is 0.228. The molecule has 2 aromatic carbocycles. The number of aryl methyl sites for hydroxylation is 1. The molecule has 40 heavy (non-hydrogen) atoms. The zero-order valence-corrected chi connectivity index (χ0v) is 23.5. The van der Waals surface area contributed by atoms with Crippen molar-refractivity contribution in [2.24, 2.45) is 5.73 Å². The lowest BCUT2D eigenvalue weighted by Gasteiger charge is -2.19. The number of nitrogens with one attached hydrogen (secondary N) is 3. The number of amides is 2. The minimum Gasteiger partial charge on any atom is -0.444 e. The number of ether oxygens (including phenoxy) is 1. The standard InChI is InChI=1S/C30H38N6O4/c1-5-17-32-27-25(19-33-28(36-27)35-23-15-13-22(14-16-23)26(31)38)21-11-9-20(10-12-21)7-6-8-24(37)18-34-29(39)40-30(2,3)4/h9-16,19H,5-8,17-18H2,1-4H3,(H2,31,38)(H,34,39)(H2,32,33,35,36). The first-order valence-corrected chi connectivity index (χ1v) is 13.4. The number of anilines is 3. The van der Waals surface area contributed by atoms with Crippen molar-refractivity contribution in [3.05, 3.63) is 65.9 Å². The van der Waals surface area contributed by atoms with E-state index in [1.165, 1.54) is 0 Å². The van der Waals surface area contributed by atoms with Gasteiger partial charge in [0.25, 0.3) is 0 Å². The molecule has 3 rings (SSSR count). The van der Waals surface area contributed by atoms with Crippen molar-refractivity contribution >= 4 is 35.2 Å². The van der Waals surface area contributed by atoms with Crippen molar-refractivity contribution in [1.29, 1.82) is 0 Å². The van der Waals surface area contributed by atoms with E-state index in [0.717, 1.165) is 41.8 Å². The van der Waals surface area contributed by atoms with Crippen LogP contribution in [-0.2, 0) is 16.0 Å². The minimum absolute atomic E-state index is 0.0368. The van der Waals surface area contributed by atoms with Crippen LogP contribution in [0.4, 0.5) is 22.2 Å². The number of rotatable bonds is 13. The third-order valence-corrected chi connectivity index (χ3v) is 5.77.